The monoisotopic (exact) mass is 325 g/mol. The highest BCUT2D eigenvalue weighted by molar-refractivity contribution is 5.55. The number of nitrogens with zero attached hydrogens (tertiary/aromatic N) is 3. The van der Waals surface area contributed by atoms with Crippen LogP contribution in [0.15, 0.2) is 52.7 Å². The van der Waals surface area contributed by atoms with Crippen molar-refractivity contribution in [3.8, 4) is 5.75 Å². The summed E-state index contributed by atoms with van der Waals surface area (Å²) in [4.78, 5) is 2.30. The predicted octanol–water partition coefficient (Wildman–Crippen LogP) is 5.91. The van der Waals surface area contributed by atoms with Gasteiger partial charge in [0, 0.05) is 18.8 Å². The second kappa shape index (κ2) is 9.06. The topological polar surface area (TPSA) is 37.2 Å². The average molecular weight is 325 g/mol. The number of aryl methyl sites for hydroxylation is 1. The molecule has 0 saturated heterocycles. The Kier molecular flexibility index (Phi) is 6.79. The van der Waals surface area contributed by atoms with Gasteiger partial charge in [0.2, 0.25) is 0 Å². The van der Waals surface area contributed by atoms with E-state index >= 15 is 0 Å². The Morgan fingerprint density at radius 3 is 2.21 bits per heavy atom. The number of anilines is 1. The third kappa shape index (κ3) is 4.57. The van der Waals surface area contributed by atoms with Crippen LogP contribution in [-0.2, 0) is 6.42 Å². The molecule has 0 unspecified atom stereocenters. The fraction of sp³-hybridized carbons (Fsp3) is 0.400. The van der Waals surface area contributed by atoms with E-state index in [1.54, 1.807) is 7.11 Å². The Morgan fingerprint density at radius 2 is 1.62 bits per heavy atom. The van der Waals surface area contributed by atoms with Gasteiger partial charge >= 0.3 is 0 Å². The predicted molar refractivity (Wildman–Crippen MR) is 101 cm³/mol. The summed E-state index contributed by atoms with van der Waals surface area (Å²) in [6.45, 7) is 8.48. The first-order valence-corrected chi connectivity index (χ1v) is 8.65. The van der Waals surface area contributed by atoms with Crippen molar-refractivity contribution in [1.82, 2.24) is 0 Å². The molecule has 0 aliphatic carbocycles. The fourth-order valence-corrected chi connectivity index (χ4v) is 2.68. The van der Waals surface area contributed by atoms with E-state index in [1.807, 2.05) is 24.3 Å². The molecule has 128 valence electrons. The lowest BCUT2D eigenvalue weighted by Crippen LogP contribution is -2.21. The first-order chi connectivity index (χ1) is 11.7. The van der Waals surface area contributed by atoms with E-state index in [-0.39, 0.29) is 0 Å². The van der Waals surface area contributed by atoms with Crippen LogP contribution in [0, 0.1) is 0 Å². The number of benzene rings is 2. The van der Waals surface area contributed by atoms with Gasteiger partial charge in [-0.05, 0) is 62.2 Å². The molecule has 2 aromatic rings. The van der Waals surface area contributed by atoms with Crippen molar-refractivity contribution in [2.75, 3.05) is 25.1 Å². The average Bonchev–Trinajstić information content (AvgIpc) is 2.63. The van der Waals surface area contributed by atoms with Gasteiger partial charge in [0.1, 0.15) is 11.4 Å². The summed E-state index contributed by atoms with van der Waals surface area (Å²) >= 11 is 0. The fourth-order valence-electron chi connectivity index (χ4n) is 2.68. The minimum Gasteiger partial charge on any atom is -0.494 e. The maximum atomic E-state index is 5.44. The van der Waals surface area contributed by atoms with E-state index in [0.717, 1.165) is 43.1 Å². The van der Waals surface area contributed by atoms with Gasteiger partial charge < -0.3 is 9.64 Å². The van der Waals surface area contributed by atoms with E-state index in [2.05, 4.69) is 54.1 Å². The zero-order valence-corrected chi connectivity index (χ0v) is 15.1. The molecule has 0 aliphatic rings. The van der Waals surface area contributed by atoms with Crippen molar-refractivity contribution in [3.05, 3.63) is 48.0 Å². The van der Waals surface area contributed by atoms with Crippen LogP contribution in [0.3, 0.4) is 0 Å². The van der Waals surface area contributed by atoms with Crippen LogP contribution >= 0.6 is 0 Å². The van der Waals surface area contributed by atoms with Crippen molar-refractivity contribution in [3.63, 3.8) is 0 Å². The van der Waals surface area contributed by atoms with Crippen LogP contribution in [0.5, 0.6) is 5.75 Å². The third-order valence-corrected chi connectivity index (χ3v) is 4.03. The number of hydrogen-bond acceptors (Lipinski definition) is 4. The summed E-state index contributed by atoms with van der Waals surface area (Å²) in [5.74, 6) is 0.768. The van der Waals surface area contributed by atoms with Gasteiger partial charge in [-0.25, -0.2) is 0 Å². The van der Waals surface area contributed by atoms with Crippen molar-refractivity contribution >= 4 is 17.1 Å². The maximum absolute atomic E-state index is 5.44. The second-order valence-corrected chi connectivity index (χ2v) is 5.64. The highest BCUT2D eigenvalue weighted by Gasteiger charge is 2.04. The standard InChI is InChI=1S/C20H27N3O/c1-5-8-16-9-14-19(20(15-16)24-4)22-21-17-10-12-18(13-11-17)23(6-2)7-3/h9-15H,5-8H2,1-4H3/b22-21+. The minimum absolute atomic E-state index is 0.755. The molecule has 4 nitrogen and oxygen atoms in total. The van der Waals surface area contributed by atoms with Crippen LogP contribution in [0.2, 0.25) is 0 Å². The van der Waals surface area contributed by atoms with Gasteiger partial charge in [0.25, 0.3) is 0 Å². The first kappa shape index (κ1) is 18.0. The molecule has 0 spiro atoms. The number of hydrogen-bond donors (Lipinski definition) is 0. The van der Waals surface area contributed by atoms with E-state index in [0.29, 0.717) is 0 Å². The SMILES string of the molecule is CCCc1ccc(/N=N/c2ccc(N(CC)CC)cc2)c(OC)c1. The van der Waals surface area contributed by atoms with Gasteiger partial charge in [-0.1, -0.05) is 19.4 Å². The summed E-state index contributed by atoms with van der Waals surface area (Å²) in [5.41, 5.74) is 4.06. The molecule has 0 radical (unpaired) electrons. The smallest absolute Gasteiger partial charge is 0.146 e. The Bertz CT molecular complexity index is 661. The number of ether oxygens (including phenoxy) is 1. The maximum Gasteiger partial charge on any atom is 0.146 e. The zero-order chi connectivity index (χ0) is 17.4. The molecule has 2 aromatic carbocycles. The summed E-state index contributed by atoms with van der Waals surface area (Å²) in [5, 5.41) is 8.69. The van der Waals surface area contributed by atoms with Crippen LogP contribution < -0.4 is 9.64 Å². The second-order valence-electron chi connectivity index (χ2n) is 5.64. The Morgan fingerprint density at radius 1 is 0.917 bits per heavy atom. The third-order valence-electron chi connectivity index (χ3n) is 4.03. The quantitative estimate of drug-likeness (QED) is 0.566. The Balaban J connectivity index is 2.15. The molecule has 0 aliphatic heterocycles. The van der Waals surface area contributed by atoms with Gasteiger partial charge in [-0.3, -0.25) is 0 Å². The number of rotatable bonds is 8. The van der Waals surface area contributed by atoms with Gasteiger partial charge in [-0.15, -0.1) is 5.11 Å². The van der Waals surface area contributed by atoms with E-state index in [4.69, 9.17) is 4.74 Å². The molecule has 0 amide bonds. The molecular weight excluding hydrogens is 298 g/mol. The number of azo groups is 1. The van der Waals surface area contributed by atoms with Crippen LogP contribution in [-0.4, -0.2) is 20.2 Å². The summed E-state index contributed by atoms with van der Waals surface area (Å²) in [7, 11) is 1.67. The lowest BCUT2D eigenvalue weighted by molar-refractivity contribution is 0.415. The van der Waals surface area contributed by atoms with Crippen molar-refractivity contribution in [2.24, 2.45) is 10.2 Å². The normalized spacial score (nSPS) is 11.0. The molecule has 0 atom stereocenters. The lowest BCUT2D eigenvalue weighted by Gasteiger charge is -2.20. The molecule has 4 heteroatoms. The van der Waals surface area contributed by atoms with Gasteiger partial charge in [0.15, 0.2) is 0 Å². The Hall–Kier alpha value is -2.36. The van der Waals surface area contributed by atoms with Crippen LogP contribution in [0.1, 0.15) is 32.8 Å². The molecule has 0 saturated carbocycles. The van der Waals surface area contributed by atoms with Crippen molar-refractivity contribution in [2.45, 2.75) is 33.6 Å². The summed E-state index contributed by atoms with van der Waals surface area (Å²) in [6, 6.07) is 14.3. The molecule has 0 fully saturated rings. The molecule has 24 heavy (non-hydrogen) atoms. The summed E-state index contributed by atoms with van der Waals surface area (Å²) in [6.07, 6.45) is 2.16. The van der Waals surface area contributed by atoms with Crippen molar-refractivity contribution in [1.29, 1.82) is 0 Å². The van der Waals surface area contributed by atoms with Gasteiger partial charge in [-0.2, -0.15) is 5.11 Å². The van der Waals surface area contributed by atoms with E-state index in [1.165, 1.54) is 11.3 Å². The Labute approximate surface area is 145 Å². The van der Waals surface area contributed by atoms with E-state index < -0.39 is 0 Å². The highest BCUT2D eigenvalue weighted by Crippen LogP contribution is 2.30. The molecular formula is C20H27N3O. The van der Waals surface area contributed by atoms with Crippen LogP contribution in [0.25, 0.3) is 0 Å². The zero-order valence-electron chi connectivity index (χ0n) is 15.1. The molecule has 0 bridgehead atoms. The van der Waals surface area contributed by atoms with Crippen molar-refractivity contribution < 1.29 is 4.74 Å². The molecule has 0 aromatic heterocycles. The molecule has 0 N–H and O–H groups in total. The van der Waals surface area contributed by atoms with E-state index in [9.17, 15) is 0 Å². The largest absolute Gasteiger partial charge is 0.494 e. The lowest BCUT2D eigenvalue weighted by atomic mass is 10.1. The van der Waals surface area contributed by atoms with Crippen LogP contribution in [0.4, 0.5) is 17.1 Å². The highest BCUT2D eigenvalue weighted by atomic mass is 16.5. The molecule has 2 rings (SSSR count). The first-order valence-electron chi connectivity index (χ1n) is 8.65. The van der Waals surface area contributed by atoms with Gasteiger partial charge in [0.05, 0.1) is 12.8 Å². The summed E-state index contributed by atoms with van der Waals surface area (Å²) < 4.78 is 5.44. The number of methoxy groups -OCH3 is 1. The molecule has 0 heterocycles. The minimum atomic E-state index is 0.755.